The second-order valence-electron chi connectivity index (χ2n) is 16.4. The topological polar surface area (TPSA) is 13.1 Å². The van der Waals surface area contributed by atoms with Gasteiger partial charge in [-0.05, 0) is 82.5 Å². The molecule has 20 heteroatoms. The molecule has 0 spiro atoms. The van der Waals surface area contributed by atoms with E-state index < -0.39 is 0 Å². The molecule has 0 aliphatic heterocycles. The van der Waals surface area contributed by atoms with E-state index in [0.717, 1.165) is 21.5 Å². The van der Waals surface area contributed by atoms with Gasteiger partial charge in [-0.1, -0.05) is 114 Å². The molecule has 66 heavy (non-hydrogen) atoms. The first-order valence-electron chi connectivity index (χ1n) is 20.1. The van der Waals surface area contributed by atoms with Crippen LogP contribution in [0, 0.1) is 0 Å². The van der Waals surface area contributed by atoms with E-state index in [4.69, 9.17) is 153 Å². The molecular weight excluding hydrogens is 774 g/mol. The molecule has 10 aromatic rings. The number of rotatable bonds is 3. The van der Waals surface area contributed by atoms with E-state index in [-0.39, 0.29) is 159 Å². The molecule has 0 bridgehead atoms. The van der Waals surface area contributed by atoms with Crippen LogP contribution in [-0.4, -0.2) is 149 Å². The molecule has 0 atom stereocenters. The molecular formula is C46H9B19O. The maximum absolute atomic E-state index is 7.23. The summed E-state index contributed by atoms with van der Waals surface area (Å²) in [6.07, 6.45) is 0. The first-order chi connectivity index (χ1) is 31.2. The second-order valence-corrected chi connectivity index (χ2v) is 16.4. The Morgan fingerprint density at radius 1 is 0.242 bits per heavy atom. The summed E-state index contributed by atoms with van der Waals surface area (Å²) in [5, 5.41) is 5.06. The Labute approximate surface area is 407 Å². The van der Waals surface area contributed by atoms with E-state index in [1.54, 1.807) is 0 Å². The number of furan rings is 1. The molecule has 0 unspecified atom stereocenters. The zero-order valence-electron chi connectivity index (χ0n) is 35.1. The van der Waals surface area contributed by atoms with Crippen molar-refractivity contribution in [2.24, 2.45) is 0 Å². The minimum absolute atomic E-state index is 0.00190. The monoisotopic (exact) mass is 786 g/mol. The Bertz CT molecular complexity index is 3820. The summed E-state index contributed by atoms with van der Waals surface area (Å²) in [7, 11) is 129. The Kier molecular flexibility index (Phi) is 10.6. The van der Waals surface area contributed by atoms with Crippen molar-refractivity contribution >= 4 is 318 Å². The van der Waals surface area contributed by atoms with Gasteiger partial charge in [0.1, 0.15) is 160 Å². The summed E-state index contributed by atoms with van der Waals surface area (Å²) in [4.78, 5) is 0. The predicted molar refractivity (Wildman–Crippen MR) is 302 cm³/mol. The molecule has 0 aliphatic carbocycles. The lowest BCUT2D eigenvalue weighted by atomic mass is 9.56. The summed E-state index contributed by atoms with van der Waals surface area (Å²) >= 11 is 0. The zero-order chi connectivity index (χ0) is 47.4. The van der Waals surface area contributed by atoms with Crippen LogP contribution in [-0.2, 0) is 0 Å². The highest BCUT2D eigenvalue weighted by Crippen LogP contribution is 2.44. The summed E-state index contributed by atoms with van der Waals surface area (Å²) in [6.45, 7) is 0. The average molecular weight is 783 g/mol. The molecule has 9 aromatic carbocycles. The molecule has 0 N–H and O–H groups in total. The Balaban J connectivity index is 1.44. The van der Waals surface area contributed by atoms with Crippen LogP contribution in [0.15, 0.2) is 59.0 Å². The summed E-state index contributed by atoms with van der Waals surface area (Å²) < 4.78 is 6.21. The van der Waals surface area contributed by atoms with Gasteiger partial charge in [-0.25, -0.2) is 0 Å². The normalized spacial score (nSPS) is 11.9. The second kappa shape index (κ2) is 15.5. The molecule has 1 heterocycles. The SMILES string of the molecule is [B]c1c([B])c(-c2c([B])c([B])c([B])c3oc4c([B])c([B])c([B])c([B])c4c23)c([B])c([B])c1-c1c2c([B])c([B])c([B])c([B])c2c(-c2cc3ccccc3c3ccccc23)c2c([B])c([B])c([B])c([B])c12. The molecule has 0 amide bonds. The lowest BCUT2D eigenvalue weighted by Gasteiger charge is -2.32. The van der Waals surface area contributed by atoms with Gasteiger partial charge >= 0.3 is 0 Å². The smallest absolute Gasteiger partial charge is 0.128 e. The lowest BCUT2D eigenvalue weighted by Crippen LogP contribution is -2.51. The fourth-order valence-corrected chi connectivity index (χ4v) is 9.74. The highest BCUT2D eigenvalue weighted by Gasteiger charge is 2.30. The Hall–Kier alpha value is -4.95. The van der Waals surface area contributed by atoms with Crippen LogP contribution in [0.3, 0.4) is 0 Å². The minimum atomic E-state index is -0.144. The fourth-order valence-electron chi connectivity index (χ4n) is 9.74. The van der Waals surface area contributed by atoms with Crippen LogP contribution < -0.4 is 104 Å². The van der Waals surface area contributed by atoms with Crippen molar-refractivity contribution in [3.63, 3.8) is 0 Å². The van der Waals surface area contributed by atoms with Gasteiger partial charge in [-0.2, -0.15) is 0 Å². The molecule has 256 valence electrons. The Morgan fingerprint density at radius 2 is 0.576 bits per heavy atom. The van der Waals surface area contributed by atoms with Crippen LogP contribution in [0.25, 0.3) is 98.4 Å². The van der Waals surface area contributed by atoms with E-state index in [2.05, 4.69) is 0 Å². The van der Waals surface area contributed by atoms with Gasteiger partial charge in [0, 0.05) is 10.8 Å². The summed E-state index contributed by atoms with van der Waals surface area (Å²) in [6, 6.07) is 17.8. The molecule has 0 fully saturated rings. The summed E-state index contributed by atoms with van der Waals surface area (Å²) in [5.41, 5.74) is 0.669. The van der Waals surface area contributed by atoms with Crippen LogP contribution in [0.5, 0.6) is 0 Å². The highest BCUT2D eigenvalue weighted by atomic mass is 16.3. The number of hydrogen-bond acceptors (Lipinski definition) is 1. The lowest BCUT2D eigenvalue weighted by molar-refractivity contribution is 0.675. The fraction of sp³-hybridized carbons (Fsp3) is 0. The first-order valence-corrected chi connectivity index (χ1v) is 20.1. The van der Waals surface area contributed by atoms with Crippen LogP contribution in [0.1, 0.15) is 0 Å². The zero-order valence-corrected chi connectivity index (χ0v) is 35.1. The van der Waals surface area contributed by atoms with Crippen molar-refractivity contribution in [1.29, 1.82) is 0 Å². The van der Waals surface area contributed by atoms with E-state index >= 15 is 0 Å². The summed E-state index contributed by atoms with van der Waals surface area (Å²) in [5.74, 6) is 0. The van der Waals surface area contributed by atoms with Gasteiger partial charge in [0.15, 0.2) is 0 Å². The number of fused-ring (bicyclic) bond motifs is 8. The number of benzene rings is 9. The molecule has 1 nitrogen and oxygen atoms in total. The largest absolute Gasteiger partial charge is 0.457 e. The van der Waals surface area contributed by atoms with Crippen molar-refractivity contribution in [2.45, 2.75) is 0 Å². The van der Waals surface area contributed by atoms with Gasteiger partial charge in [-0.3, -0.25) is 0 Å². The quantitative estimate of drug-likeness (QED) is 0.0988. The molecule has 0 saturated heterocycles. The first kappa shape index (κ1) is 44.9. The van der Waals surface area contributed by atoms with E-state index in [0.29, 0.717) is 21.9 Å². The van der Waals surface area contributed by atoms with Gasteiger partial charge in [0.25, 0.3) is 0 Å². The predicted octanol–water partition coefficient (Wildman–Crippen LogP) is -9.72. The maximum atomic E-state index is 7.23. The van der Waals surface area contributed by atoms with E-state index in [1.807, 2.05) is 54.6 Å². The molecule has 38 radical (unpaired) electrons. The van der Waals surface area contributed by atoms with Gasteiger partial charge in [0.05, 0.1) is 0 Å². The van der Waals surface area contributed by atoms with Crippen molar-refractivity contribution in [2.75, 3.05) is 0 Å². The third-order valence-corrected chi connectivity index (χ3v) is 13.2. The standard InChI is InChI=1S/C46H9B19O/c47-26-17-15(14-9-10-5-1-2-6-11(10)12-7-3-4-8-13(12)14)18-20(29(50)39(60)37(58)27(18)48)16(19(17)28(49)38(59)36(26)57)23-31(52)33(54)24(34(55)32(23)53)21-22-25-35(56)40(61)42(63)44(65)46(25)66-45(22)43(64)41(62)30(21)51/h1-9H. The Morgan fingerprint density at radius 3 is 1.06 bits per heavy atom. The van der Waals surface area contributed by atoms with Crippen molar-refractivity contribution in [3.05, 3.63) is 54.6 Å². The maximum Gasteiger partial charge on any atom is 0.128 e. The van der Waals surface area contributed by atoms with Crippen LogP contribution >= 0.6 is 0 Å². The molecule has 1 aromatic heterocycles. The number of hydrogen-bond donors (Lipinski definition) is 0. The molecule has 10 rings (SSSR count). The van der Waals surface area contributed by atoms with Crippen molar-refractivity contribution < 1.29 is 4.42 Å². The van der Waals surface area contributed by atoms with Gasteiger partial charge < -0.3 is 4.42 Å². The van der Waals surface area contributed by atoms with Crippen LogP contribution in [0.4, 0.5) is 0 Å². The van der Waals surface area contributed by atoms with Crippen molar-refractivity contribution in [1.82, 2.24) is 0 Å². The van der Waals surface area contributed by atoms with E-state index in [9.17, 15) is 0 Å². The highest BCUT2D eigenvalue weighted by molar-refractivity contribution is 6.74. The minimum Gasteiger partial charge on any atom is -0.457 e. The average Bonchev–Trinajstić information content (AvgIpc) is 3.72. The third-order valence-electron chi connectivity index (χ3n) is 13.2. The molecule has 0 saturated carbocycles. The molecule has 0 aliphatic rings. The van der Waals surface area contributed by atoms with E-state index in [1.165, 1.54) is 0 Å². The third kappa shape index (κ3) is 5.81. The van der Waals surface area contributed by atoms with Gasteiger partial charge in [-0.15, -0.1) is 38.2 Å². The van der Waals surface area contributed by atoms with Crippen LogP contribution in [0.2, 0.25) is 0 Å². The van der Waals surface area contributed by atoms with Gasteiger partial charge in [0.2, 0.25) is 0 Å². The van der Waals surface area contributed by atoms with Crippen molar-refractivity contribution in [3.8, 4) is 33.4 Å².